The quantitative estimate of drug-likeness (QED) is 0.585. The van der Waals surface area contributed by atoms with Crippen LogP contribution in [0.15, 0.2) is 0 Å². The zero-order chi connectivity index (χ0) is 10.4. The third-order valence-corrected chi connectivity index (χ3v) is 2.17. The van der Waals surface area contributed by atoms with E-state index in [0.717, 1.165) is 6.54 Å². The molecule has 0 atom stereocenters. The molecule has 0 aromatic heterocycles. The van der Waals surface area contributed by atoms with Crippen molar-refractivity contribution in [3.63, 3.8) is 0 Å². The summed E-state index contributed by atoms with van der Waals surface area (Å²) in [4.78, 5) is 11.0. The van der Waals surface area contributed by atoms with E-state index in [9.17, 15) is 4.79 Å². The van der Waals surface area contributed by atoms with Gasteiger partial charge < -0.3 is 19.5 Å². The Morgan fingerprint density at radius 2 is 2.29 bits per heavy atom. The van der Waals surface area contributed by atoms with Gasteiger partial charge in [0, 0.05) is 13.7 Å². The molecular weight excluding hydrogens is 186 g/mol. The smallest absolute Gasteiger partial charge is 0.332 e. The average molecular weight is 203 g/mol. The molecule has 82 valence electrons. The predicted octanol–water partition coefficient (Wildman–Crippen LogP) is -0.588. The van der Waals surface area contributed by atoms with Crippen molar-refractivity contribution in [2.24, 2.45) is 5.41 Å². The molecule has 0 radical (unpaired) electrons. The van der Waals surface area contributed by atoms with Gasteiger partial charge in [-0.2, -0.15) is 0 Å². The van der Waals surface area contributed by atoms with E-state index in [-0.39, 0.29) is 18.0 Å². The molecule has 0 unspecified atom stereocenters. The first-order valence-corrected chi connectivity index (χ1v) is 4.59. The molecule has 0 aromatic rings. The fourth-order valence-corrected chi connectivity index (χ4v) is 1.40. The second kappa shape index (κ2) is 5.29. The van der Waals surface area contributed by atoms with Gasteiger partial charge in [0.15, 0.2) is 0 Å². The molecule has 1 fully saturated rings. The minimum atomic E-state index is -0.324. The fourth-order valence-electron chi connectivity index (χ4n) is 1.40. The molecule has 1 N–H and O–H groups in total. The number of methoxy groups -OCH3 is 1. The van der Waals surface area contributed by atoms with E-state index in [2.05, 4.69) is 10.1 Å². The number of hydrogen-bond acceptors (Lipinski definition) is 5. The standard InChI is InChI=1S/C9H17NO4/c1-10-4-9(5-13-6-9)7-14-8(11)3-12-2/h10H,3-7H2,1-2H3. The Balaban J connectivity index is 2.23. The summed E-state index contributed by atoms with van der Waals surface area (Å²) in [5.74, 6) is -0.324. The van der Waals surface area contributed by atoms with E-state index in [1.165, 1.54) is 7.11 Å². The molecule has 0 bridgehead atoms. The maximum atomic E-state index is 11.0. The molecule has 14 heavy (non-hydrogen) atoms. The summed E-state index contributed by atoms with van der Waals surface area (Å²) in [6.45, 7) is 2.50. The van der Waals surface area contributed by atoms with Crippen LogP contribution in [0.5, 0.6) is 0 Å². The maximum absolute atomic E-state index is 11.0. The topological polar surface area (TPSA) is 56.8 Å². The van der Waals surface area contributed by atoms with Crippen molar-refractivity contribution in [3.8, 4) is 0 Å². The number of nitrogens with one attached hydrogen (secondary N) is 1. The molecule has 5 heteroatoms. The Hall–Kier alpha value is -0.650. The monoisotopic (exact) mass is 203 g/mol. The van der Waals surface area contributed by atoms with Gasteiger partial charge in [-0.1, -0.05) is 0 Å². The van der Waals surface area contributed by atoms with Crippen LogP contribution in [0.1, 0.15) is 0 Å². The lowest BCUT2D eigenvalue weighted by molar-refractivity contribution is -0.171. The SMILES string of the molecule is CNCC1(COC(=O)COC)COC1. The summed E-state index contributed by atoms with van der Waals surface area (Å²) in [5, 5.41) is 3.06. The van der Waals surface area contributed by atoms with Crippen LogP contribution in [0.25, 0.3) is 0 Å². The number of hydrogen-bond donors (Lipinski definition) is 1. The van der Waals surface area contributed by atoms with Crippen molar-refractivity contribution < 1.29 is 19.0 Å². The maximum Gasteiger partial charge on any atom is 0.332 e. The molecule has 5 nitrogen and oxygen atoms in total. The van der Waals surface area contributed by atoms with Crippen LogP contribution in [-0.4, -0.2) is 53.1 Å². The minimum Gasteiger partial charge on any atom is -0.463 e. The number of carbonyl (C=O) groups is 1. The Bertz CT molecular complexity index is 191. The third kappa shape index (κ3) is 2.94. The molecule has 1 heterocycles. The zero-order valence-electron chi connectivity index (χ0n) is 8.67. The highest BCUT2D eigenvalue weighted by Crippen LogP contribution is 2.26. The highest BCUT2D eigenvalue weighted by molar-refractivity contribution is 5.70. The molecule has 1 aliphatic rings. The first kappa shape index (κ1) is 11.4. The van der Waals surface area contributed by atoms with Gasteiger partial charge in [0.2, 0.25) is 0 Å². The van der Waals surface area contributed by atoms with Crippen LogP contribution in [0.3, 0.4) is 0 Å². The minimum absolute atomic E-state index is 0.0104. The van der Waals surface area contributed by atoms with Crippen LogP contribution in [0.2, 0.25) is 0 Å². The molecule has 0 aromatic carbocycles. The summed E-state index contributed by atoms with van der Waals surface area (Å²) in [6.07, 6.45) is 0. The van der Waals surface area contributed by atoms with Gasteiger partial charge in [-0.3, -0.25) is 0 Å². The van der Waals surface area contributed by atoms with Gasteiger partial charge in [0.05, 0.1) is 18.6 Å². The number of rotatable bonds is 6. The lowest BCUT2D eigenvalue weighted by Gasteiger charge is -2.40. The van der Waals surface area contributed by atoms with E-state index in [4.69, 9.17) is 9.47 Å². The van der Waals surface area contributed by atoms with Crippen molar-refractivity contribution >= 4 is 5.97 Å². The Kier molecular flexibility index (Phi) is 4.31. The van der Waals surface area contributed by atoms with Crippen molar-refractivity contribution in [3.05, 3.63) is 0 Å². The number of esters is 1. The summed E-state index contributed by atoms with van der Waals surface area (Å²) in [7, 11) is 3.34. The van der Waals surface area contributed by atoms with Crippen molar-refractivity contribution in [1.29, 1.82) is 0 Å². The summed E-state index contributed by atoms with van der Waals surface area (Å²) < 4.78 is 14.8. The van der Waals surface area contributed by atoms with E-state index in [0.29, 0.717) is 19.8 Å². The fraction of sp³-hybridized carbons (Fsp3) is 0.889. The Labute approximate surface area is 83.7 Å². The van der Waals surface area contributed by atoms with Gasteiger partial charge in [0.1, 0.15) is 13.2 Å². The van der Waals surface area contributed by atoms with Crippen LogP contribution >= 0.6 is 0 Å². The van der Waals surface area contributed by atoms with E-state index in [1.807, 2.05) is 7.05 Å². The van der Waals surface area contributed by atoms with Crippen LogP contribution in [-0.2, 0) is 19.0 Å². The van der Waals surface area contributed by atoms with Crippen molar-refractivity contribution in [1.82, 2.24) is 5.32 Å². The first-order valence-electron chi connectivity index (χ1n) is 4.59. The molecule has 1 rings (SSSR count). The number of carbonyl (C=O) groups excluding carboxylic acids is 1. The molecule has 0 saturated carbocycles. The van der Waals surface area contributed by atoms with Gasteiger partial charge in [-0.25, -0.2) is 4.79 Å². The summed E-state index contributed by atoms with van der Waals surface area (Å²) in [6, 6.07) is 0. The van der Waals surface area contributed by atoms with Gasteiger partial charge in [0.25, 0.3) is 0 Å². The van der Waals surface area contributed by atoms with E-state index < -0.39 is 0 Å². The molecular formula is C9H17NO4. The Morgan fingerprint density at radius 1 is 1.57 bits per heavy atom. The lowest BCUT2D eigenvalue weighted by Crippen LogP contribution is -2.52. The molecule has 0 spiro atoms. The predicted molar refractivity (Wildman–Crippen MR) is 50.0 cm³/mol. The van der Waals surface area contributed by atoms with E-state index in [1.54, 1.807) is 0 Å². The van der Waals surface area contributed by atoms with E-state index >= 15 is 0 Å². The number of ether oxygens (including phenoxy) is 3. The van der Waals surface area contributed by atoms with Crippen molar-refractivity contribution in [2.75, 3.05) is 47.1 Å². The van der Waals surface area contributed by atoms with Gasteiger partial charge >= 0.3 is 5.97 Å². The average Bonchev–Trinajstić information content (AvgIpc) is 2.10. The molecule has 0 amide bonds. The second-order valence-corrected chi connectivity index (χ2v) is 3.62. The zero-order valence-corrected chi connectivity index (χ0v) is 8.67. The normalized spacial score (nSPS) is 18.7. The van der Waals surface area contributed by atoms with Crippen molar-refractivity contribution in [2.45, 2.75) is 0 Å². The largest absolute Gasteiger partial charge is 0.463 e. The third-order valence-electron chi connectivity index (χ3n) is 2.17. The van der Waals surface area contributed by atoms with Crippen LogP contribution in [0, 0.1) is 5.41 Å². The Morgan fingerprint density at radius 3 is 2.71 bits per heavy atom. The lowest BCUT2D eigenvalue weighted by atomic mass is 9.87. The summed E-state index contributed by atoms with van der Waals surface area (Å²) >= 11 is 0. The van der Waals surface area contributed by atoms with Gasteiger partial charge in [-0.15, -0.1) is 0 Å². The van der Waals surface area contributed by atoms with Crippen LogP contribution in [0.4, 0.5) is 0 Å². The molecule has 1 aliphatic heterocycles. The first-order chi connectivity index (χ1) is 6.72. The van der Waals surface area contributed by atoms with Gasteiger partial charge in [-0.05, 0) is 7.05 Å². The summed E-state index contributed by atoms with van der Waals surface area (Å²) in [5.41, 5.74) is -0.0296. The highest BCUT2D eigenvalue weighted by atomic mass is 16.6. The molecule has 1 saturated heterocycles. The molecule has 0 aliphatic carbocycles. The second-order valence-electron chi connectivity index (χ2n) is 3.62. The highest BCUT2D eigenvalue weighted by Gasteiger charge is 2.39. The van der Waals surface area contributed by atoms with Crippen LogP contribution < -0.4 is 5.32 Å².